The summed E-state index contributed by atoms with van der Waals surface area (Å²) in [6.45, 7) is 2.98. The Morgan fingerprint density at radius 2 is 2.22 bits per heavy atom. The van der Waals surface area contributed by atoms with Crippen molar-refractivity contribution in [1.82, 2.24) is 10.5 Å². The van der Waals surface area contributed by atoms with Crippen LogP contribution in [0, 0.1) is 6.92 Å². The van der Waals surface area contributed by atoms with Crippen LogP contribution in [0.15, 0.2) is 28.8 Å². The van der Waals surface area contributed by atoms with Gasteiger partial charge in [-0.2, -0.15) is 0 Å². The largest absolute Gasteiger partial charge is 0.484 e. The summed E-state index contributed by atoms with van der Waals surface area (Å²) in [5.74, 6) is 1.32. The van der Waals surface area contributed by atoms with E-state index in [-0.39, 0.29) is 0 Å². The van der Waals surface area contributed by atoms with E-state index >= 15 is 0 Å². The lowest BCUT2D eigenvalue weighted by Crippen LogP contribution is -2.04. The lowest BCUT2D eigenvalue weighted by Gasteiger charge is -2.06. The summed E-state index contributed by atoms with van der Waals surface area (Å²) in [6.07, 6.45) is 0. The molecule has 4 nitrogen and oxygen atoms in total. The third-order valence-corrected chi connectivity index (χ3v) is 2.72. The first-order valence-corrected chi connectivity index (χ1v) is 6.05. The second-order valence-electron chi connectivity index (χ2n) is 4.04. The third kappa shape index (κ3) is 3.24. The fourth-order valence-corrected chi connectivity index (χ4v) is 1.85. The van der Waals surface area contributed by atoms with Gasteiger partial charge in [-0.25, -0.2) is 0 Å². The quantitative estimate of drug-likeness (QED) is 0.904. The molecule has 0 spiro atoms. The topological polar surface area (TPSA) is 47.3 Å². The number of aryl methyl sites for hydroxylation is 1. The van der Waals surface area contributed by atoms with E-state index in [0.29, 0.717) is 29.7 Å². The molecule has 96 valence electrons. The molecule has 0 bridgehead atoms. The Hall–Kier alpha value is -1.52. The van der Waals surface area contributed by atoms with E-state index in [1.807, 2.05) is 38.2 Å². The van der Waals surface area contributed by atoms with E-state index < -0.39 is 0 Å². The van der Waals surface area contributed by atoms with Gasteiger partial charge in [-0.3, -0.25) is 0 Å². The van der Waals surface area contributed by atoms with Crippen LogP contribution in [-0.4, -0.2) is 12.2 Å². The van der Waals surface area contributed by atoms with Crippen LogP contribution < -0.4 is 10.1 Å². The van der Waals surface area contributed by atoms with Gasteiger partial charge in [-0.05, 0) is 31.7 Å². The second-order valence-corrected chi connectivity index (χ2v) is 4.44. The molecule has 0 aliphatic rings. The van der Waals surface area contributed by atoms with Crippen LogP contribution >= 0.6 is 11.6 Å². The van der Waals surface area contributed by atoms with E-state index in [2.05, 4.69) is 10.5 Å². The molecule has 0 atom stereocenters. The molecule has 0 aliphatic carbocycles. The van der Waals surface area contributed by atoms with Crippen molar-refractivity contribution in [1.29, 1.82) is 0 Å². The number of rotatable bonds is 5. The molecule has 1 aromatic heterocycles. The van der Waals surface area contributed by atoms with Gasteiger partial charge in [0.25, 0.3) is 0 Å². The predicted molar refractivity (Wildman–Crippen MR) is 69.8 cm³/mol. The molecule has 1 heterocycles. The maximum absolute atomic E-state index is 6.07. The van der Waals surface area contributed by atoms with Crippen LogP contribution in [0.1, 0.15) is 17.0 Å². The van der Waals surface area contributed by atoms with Gasteiger partial charge in [-0.1, -0.05) is 22.8 Å². The first-order chi connectivity index (χ1) is 8.69. The maximum Gasteiger partial charge on any atom is 0.174 e. The summed E-state index contributed by atoms with van der Waals surface area (Å²) in [5.41, 5.74) is 1.95. The van der Waals surface area contributed by atoms with Crippen molar-refractivity contribution in [2.45, 2.75) is 20.1 Å². The van der Waals surface area contributed by atoms with E-state index in [1.165, 1.54) is 0 Å². The molecule has 18 heavy (non-hydrogen) atoms. The summed E-state index contributed by atoms with van der Waals surface area (Å²) in [6, 6.07) is 7.53. The highest BCUT2D eigenvalue weighted by atomic mass is 35.5. The molecule has 2 rings (SSSR count). The SMILES string of the molecule is CNCc1cc(COc2ccc(C)cc2Cl)on1. The van der Waals surface area contributed by atoms with Crippen LogP contribution in [0.3, 0.4) is 0 Å². The first-order valence-electron chi connectivity index (χ1n) is 5.67. The Kier molecular flexibility index (Phi) is 4.23. The number of hydrogen-bond donors (Lipinski definition) is 1. The highest BCUT2D eigenvalue weighted by Gasteiger charge is 2.06. The van der Waals surface area contributed by atoms with E-state index in [9.17, 15) is 0 Å². The van der Waals surface area contributed by atoms with Crippen molar-refractivity contribution in [3.63, 3.8) is 0 Å². The summed E-state index contributed by atoms with van der Waals surface area (Å²) in [7, 11) is 1.86. The normalized spacial score (nSPS) is 10.6. The van der Waals surface area contributed by atoms with Gasteiger partial charge >= 0.3 is 0 Å². The zero-order chi connectivity index (χ0) is 13.0. The molecule has 0 aliphatic heterocycles. The van der Waals surface area contributed by atoms with Gasteiger partial charge in [0.05, 0.1) is 10.7 Å². The first kappa shape index (κ1) is 12.9. The number of nitrogens with zero attached hydrogens (tertiary/aromatic N) is 1. The van der Waals surface area contributed by atoms with Crippen molar-refractivity contribution in [2.75, 3.05) is 7.05 Å². The predicted octanol–water partition coefficient (Wildman–Crippen LogP) is 2.93. The van der Waals surface area contributed by atoms with Gasteiger partial charge in [-0.15, -0.1) is 0 Å². The van der Waals surface area contributed by atoms with Crippen molar-refractivity contribution < 1.29 is 9.26 Å². The van der Waals surface area contributed by atoms with Crippen molar-refractivity contribution in [3.05, 3.63) is 46.3 Å². The average Bonchev–Trinajstić information content (AvgIpc) is 2.76. The average molecular weight is 267 g/mol. The molecular weight excluding hydrogens is 252 g/mol. The van der Waals surface area contributed by atoms with Crippen molar-refractivity contribution in [2.24, 2.45) is 0 Å². The Bertz CT molecular complexity index is 525. The van der Waals surface area contributed by atoms with Gasteiger partial charge in [0.15, 0.2) is 5.76 Å². The van der Waals surface area contributed by atoms with E-state index in [0.717, 1.165) is 11.3 Å². The number of benzene rings is 1. The van der Waals surface area contributed by atoms with E-state index in [1.54, 1.807) is 0 Å². The number of hydrogen-bond acceptors (Lipinski definition) is 4. The number of nitrogens with one attached hydrogen (secondary N) is 1. The molecule has 0 radical (unpaired) electrons. The van der Waals surface area contributed by atoms with Crippen LogP contribution in [0.25, 0.3) is 0 Å². The highest BCUT2D eigenvalue weighted by Crippen LogP contribution is 2.25. The smallest absolute Gasteiger partial charge is 0.174 e. The molecule has 1 N–H and O–H groups in total. The second kappa shape index (κ2) is 5.89. The van der Waals surface area contributed by atoms with Crippen molar-refractivity contribution >= 4 is 11.6 Å². The van der Waals surface area contributed by atoms with Crippen LogP contribution in [0.4, 0.5) is 0 Å². The Morgan fingerprint density at radius 3 is 2.94 bits per heavy atom. The zero-order valence-corrected chi connectivity index (χ0v) is 11.1. The Labute approximate surface area is 111 Å². The minimum atomic E-state index is 0.319. The molecular formula is C13H15ClN2O2. The summed E-state index contributed by atoms with van der Waals surface area (Å²) in [5, 5.41) is 7.51. The van der Waals surface area contributed by atoms with Crippen LogP contribution in [0.2, 0.25) is 5.02 Å². The molecule has 0 unspecified atom stereocenters. The molecule has 0 saturated carbocycles. The zero-order valence-electron chi connectivity index (χ0n) is 10.4. The summed E-state index contributed by atoms with van der Waals surface area (Å²) in [4.78, 5) is 0. The van der Waals surface area contributed by atoms with Crippen LogP contribution in [0.5, 0.6) is 5.75 Å². The molecule has 5 heteroatoms. The molecule has 0 saturated heterocycles. The lowest BCUT2D eigenvalue weighted by atomic mass is 10.2. The van der Waals surface area contributed by atoms with Gasteiger partial charge < -0.3 is 14.6 Å². The Morgan fingerprint density at radius 1 is 1.39 bits per heavy atom. The highest BCUT2D eigenvalue weighted by molar-refractivity contribution is 6.32. The summed E-state index contributed by atoms with van der Waals surface area (Å²) < 4.78 is 10.7. The fraction of sp³-hybridized carbons (Fsp3) is 0.308. The fourth-order valence-electron chi connectivity index (χ4n) is 1.56. The van der Waals surface area contributed by atoms with Gasteiger partial charge in [0, 0.05) is 12.6 Å². The minimum Gasteiger partial charge on any atom is -0.484 e. The van der Waals surface area contributed by atoms with Gasteiger partial charge in [0.1, 0.15) is 12.4 Å². The number of halogens is 1. The Balaban J connectivity index is 1.97. The number of ether oxygens (including phenoxy) is 1. The van der Waals surface area contributed by atoms with Crippen LogP contribution in [-0.2, 0) is 13.2 Å². The standard InChI is InChI=1S/C13H15ClN2O2/c1-9-3-4-13(12(14)5-9)17-8-11-6-10(7-15-2)16-18-11/h3-6,15H,7-8H2,1-2H3. The van der Waals surface area contributed by atoms with Crippen molar-refractivity contribution in [3.8, 4) is 5.75 Å². The molecule has 0 fully saturated rings. The maximum atomic E-state index is 6.07. The molecule has 0 amide bonds. The number of aromatic nitrogens is 1. The lowest BCUT2D eigenvalue weighted by molar-refractivity contribution is 0.248. The van der Waals surface area contributed by atoms with Gasteiger partial charge in [0.2, 0.25) is 0 Å². The van der Waals surface area contributed by atoms with E-state index in [4.69, 9.17) is 20.9 Å². The minimum absolute atomic E-state index is 0.319. The molecule has 2 aromatic rings. The molecule has 1 aromatic carbocycles. The third-order valence-electron chi connectivity index (χ3n) is 2.42. The summed E-state index contributed by atoms with van der Waals surface area (Å²) >= 11 is 6.07. The monoisotopic (exact) mass is 266 g/mol.